The van der Waals surface area contributed by atoms with Gasteiger partial charge in [0, 0.05) is 18.2 Å². The van der Waals surface area contributed by atoms with Gasteiger partial charge in [-0.1, -0.05) is 12.1 Å². The molecule has 0 aromatic heterocycles. The van der Waals surface area contributed by atoms with E-state index in [4.69, 9.17) is 0 Å². The van der Waals surface area contributed by atoms with Crippen LogP contribution < -0.4 is 5.32 Å². The second kappa shape index (κ2) is 6.40. The third kappa shape index (κ3) is 3.15. The van der Waals surface area contributed by atoms with Crippen LogP contribution in [0.2, 0.25) is 0 Å². The topological polar surface area (TPSA) is 15.3 Å². The lowest BCUT2D eigenvalue weighted by atomic mass is 9.89. The largest absolute Gasteiger partial charge is 0.384 e. The smallest absolute Gasteiger partial charge is 0.0376 e. The number of rotatable bonds is 4. The molecule has 1 aromatic carbocycles. The van der Waals surface area contributed by atoms with E-state index in [2.05, 4.69) is 54.3 Å². The van der Waals surface area contributed by atoms with Gasteiger partial charge in [0.25, 0.3) is 0 Å². The number of anilines is 1. The molecule has 1 saturated heterocycles. The fourth-order valence-electron chi connectivity index (χ4n) is 3.38. The molecule has 3 rings (SSSR count). The van der Waals surface area contributed by atoms with Gasteiger partial charge in [-0.2, -0.15) is 11.8 Å². The molecule has 3 heteroatoms. The molecule has 2 aliphatic rings. The summed E-state index contributed by atoms with van der Waals surface area (Å²) in [6.45, 7) is 2.29. The molecule has 1 aromatic rings. The first-order chi connectivity index (χ1) is 9.74. The maximum Gasteiger partial charge on any atom is 0.0376 e. The zero-order valence-electron chi connectivity index (χ0n) is 12.7. The van der Waals surface area contributed by atoms with Crippen molar-refractivity contribution in [3.8, 4) is 0 Å². The third-order valence-electron chi connectivity index (χ3n) is 4.67. The van der Waals surface area contributed by atoms with E-state index < -0.39 is 0 Å². The van der Waals surface area contributed by atoms with Crippen LogP contribution in [0.1, 0.15) is 42.2 Å². The van der Waals surface area contributed by atoms with Crippen molar-refractivity contribution in [3.63, 3.8) is 0 Å². The number of hydrogen-bond acceptors (Lipinski definition) is 3. The predicted octanol–water partition coefficient (Wildman–Crippen LogP) is 3.76. The maximum absolute atomic E-state index is 3.58. The summed E-state index contributed by atoms with van der Waals surface area (Å²) >= 11 is 2.11. The molecule has 20 heavy (non-hydrogen) atoms. The summed E-state index contributed by atoms with van der Waals surface area (Å²) in [5, 5.41) is 3.58. The van der Waals surface area contributed by atoms with Gasteiger partial charge in [0.1, 0.15) is 0 Å². The number of hydrogen-bond donors (Lipinski definition) is 1. The average Bonchev–Trinajstić information content (AvgIpc) is 2.88. The molecule has 2 heterocycles. The van der Waals surface area contributed by atoms with Gasteiger partial charge >= 0.3 is 0 Å². The predicted molar refractivity (Wildman–Crippen MR) is 90.1 cm³/mol. The molecule has 1 unspecified atom stereocenters. The quantitative estimate of drug-likeness (QED) is 0.909. The van der Waals surface area contributed by atoms with Crippen molar-refractivity contribution in [1.29, 1.82) is 0 Å². The minimum atomic E-state index is 0.699. The van der Waals surface area contributed by atoms with Crippen molar-refractivity contribution >= 4 is 17.4 Å². The van der Waals surface area contributed by atoms with Crippen LogP contribution in [-0.4, -0.2) is 43.6 Å². The highest BCUT2D eigenvalue weighted by Gasteiger charge is 2.24. The summed E-state index contributed by atoms with van der Waals surface area (Å²) in [7, 11) is 4.33. The number of thioether (sulfide) groups is 1. The fraction of sp³-hybridized carbons (Fsp3) is 0.647. The van der Waals surface area contributed by atoms with Crippen LogP contribution in [0, 0.1) is 0 Å². The van der Waals surface area contributed by atoms with Crippen LogP contribution in [0.5, 0.6) is 0 Å². The zero-order valence-corrected chi connectivity index (χ0v) is 13.5. The molecule has 1 atom stereocenters. The van der Waals surface area contributed by atoms with Crippen molar-refractivity contribution in [3.05, 3.63) is 29.3 Å². The Morgan fingerprint density at radius 3 is 2.80 bits per heavy atom. The van der Waals surface area contributed by atoms with Gasteiger partial charge in [-0.05, 0) is 74.5 Å². The van der Waals surface area contributed by atoms with Crippen molar-refractivity contribution in [2.24, 2.45) is 0 Å². The fourth-order valence-corrected chi connectivity index (χ4v) is 4.49. The Balaban J connectivity index is 1.74. The van der Waals surface area contributed by atoms with E-state index in [-0.39, 0.29) is 0 Å². The SMILES string of the molecule is CN(C)CCC1CNc2ccc(C3CCSCC3)cc21. The van der Waals surface area contributed by atoms with E-state index in [1.165, 1.54) is 43.0 Å². The van der Waals surface area contributed by atoms with Crippen LogP contribution in [0.15, 0.2) is 18.2 Å². The van der Waals surface area contributed by atoms with Crippen molar-refractivity contribution in [2.45, 2.75) is 31.1 Å². The number of nitrogens with zero attached hydrogens (tertiary/aromatic N) is 1. The van der Waals surface area contributed by atoms with Gasteiger partial charge in [0.05, 0.1) is 0 Å². The summed E-state index contributed by atoms with van der Waals surface area (Å²) in [5.74, 6) is 4.18. The van der Waals surface area contributed by atoms with Gasteiger partial charge < -0.3 is 10.2 Å². The number of benzene rings is 1. The molecule has 0 amide bonds. The molecule has 0 spiro atoms. The standard InChI is InChI=1S/C17H26N2S/c1-19(2)8-5-15-12-18-17-4-3-14(11-16(15)17)13-6-9-20-10-7-13/h3-4,11,13,15,18H,5-10,12H2,1-2H3. The Bertz CT molecular complexity index is 452. The second-order valence-corrected chi connectivity index (χ2v) is 7.63. The van der Waals surface area contributed by atoms with E-state index in [1.807, 2.05) is 0 Å². The molecule has 0 aliphatic carbocycles. The lowest BCUT2D eigenvalue weighted by Gasteiger charge is -2.23. The first-order valence-electron chi connectivity index (χ1n) is 7.84. The van der Waals surface area contributed by atoms with Gasteiger partial charge in [0.2, 0.25) is 0 Å². The van der Waals surface area contributed by atoms with Crippen LogP contribution in [-0.2, 0) is 0 Å². The Morgan fingerprint density at radius 1 is 1.25 bits per heavy atom. The molecule has 2 nitrogen and oxygen atoms in total. The molecule has 0 bridgehead atoms. The minimum Gasteiger partial charge on any atom is -0.384 e. The molecule has 1 fully saturated rings. The molecular weight excluding hydrogens is 264 g/mol. The highest BCUT2D eigenvalue weighted by Crippen LogP contribution is 2.38. The maximum atomic E-state index is 3.58. The number of nitrogens with one attached hydrogen (secondary N) is 1. The summed E-state index contributed by atoms with van der Waals surface area (Å²) in [4.78, 5) is 2.29. The summed E-state index contributed by atoms with van der Waals surface area (Å²) in [5.41, 5.74) is 4.54. The van der Waals surface area contributed by atoms with Crippen LogP contribution in [0.3, 0.4) is 0 Å². The van der Waals surface area contributed by atoms with E-state index in [9.17, 15) is 0 Å². The second-order valence-electron chi connectivity index (χ2n) is 6.40. The lowest BCUT2D eigenvalue weighted by Crippen LogP contribution is -2.16. The van der Waals surface area contributed by atoms with Crippen molar-refractivity contribution < 1.29 is 0 Å². The van der Waals surface area contributed by atoms with Crippen LogP contribution >= 0.6 is 11.8 Å². The van der Waals surface area contributed by atoms with Gasteiger partial charge in [0.15, 0.2) is 0 Å². The van der Waals surface area contributed by atoms with Gasteiger partial charge in [-0.3, -0.25) is 0 Å². The Hall–Kier alpha value is -0.670. The zero-order chi connectivity index (χ0) is 13.9. The molecule has 110 valence electrons. The van der Waals surface area contributed by atoms with Gasteiger partial charge in [-0.15, -0.1) is 0 Å². The average molecular weight is 290 g/mol. The lowest BCUT2D eigenvalue weighted by molar-refractivity contribution is 0.386. The van der Waals surface area contributed by atoms with E-state index in [0.717, 1.165) is 12.5 Å². The third-order valence-corrected chi connectivity index (χ3v) is 5.72. The van der Waals surface area contributed by atoms with Crippen LogP contribution in [0.4, 0.5) is 5.69 Å². The van der Waals surface area contributed by atoms with Crippen molar-refractivity contribution in [2.75, 3.05) is 44.0 Å². The molecule has 0 radical (unpaired) electrons. The molecule has 0 saturated carbocycles. The van der Waals surface area contributed by atoms with Crippen molar-refractivity contribution in [1.82, 2.24) is 4.90 Å². The summed E-state index contributed by atoms with van der Waals surface area (Å²) in [6, 6.07) is 7.19. The Kier molecular flexibility index (Phi) is 4.57. The first kappa shape index (κ1) is 14.3. The van der Waals surface area contributed by atoms with E-state index in [0.29, 0.717) is 5.92 Å². The Morgan fingerprint density at radius 2 is 2.05 bits per heavy atom. The summed E-state index contributed by atoms with van der Waals surface area (Å²) in [6.07, 6.45) is 3.98. The van der Waals surface area contributed by atoms with Crippen LogP contribution in [0.25, 0.3) is 0 Å². The normalized spacial score (nSPS) is 22.9. The highest BCUT2D eigenvalue weighted by atomic mass is 32.2. The molecule has 1 N–H and O–H groups in total. The van der Waals surface area contributed by atoms with E-state index >= 15 is 0 Å². The minimum absolute atomic E-state index is 0.699. The Labute approximate surface area is 127 Å². The number of fused-ring (bicyclic) bond motifs is 1. The van der Waals surface area contributed by atoms with E-state index in [1.54, 1.807) is 11.1 Å². The summed E-state index contributed by atoms with van der Waals surface area (Å²) < 4.78 is 0. The van der Waals surface area contributed by atoms with Gasteiger partial charge in [-0.25, -0.2) is 0 Å². The monoisotopic (exact) mass is 290 g/mol. The first-order valence-corrected chi connectivity index (χ1v) is 8.99. The molecule has 2 aliphatic heterocycles. The highest BCUT2D eigenvalue weighted by molar-refractivity contribution is 7.99. The molecular formula is C17H26N2S.